The van der Waals surface area contributed by atoms with Gasteiger partial charge in [0.2, 0.25) is 12.7 Å². The zero-order valence-electron chi connectivity index (χ0n) is 15.9. The van der Waals surface area contributed by atoms with Gasteiger partial charge in [0.15, 0.2) is 11.5 Å². The van der Waals surface area contributed by atoms with Gasteiger partial charge in [-0.1, -0.05) is 12.1 Å². The molecule has 0 aliphatic carbocycles. The van der Waals surface area contributed by atoms with Crippen LogP contribution in [0.1, 0.15) is 24.1 Å². The SMILES string of the molecule is O=C(Cc1ccc2c(c1)OCO2)N1C[C@H]2CC[C@@H]1CN(Cc1ccccn1)C2. The number of carbonyl (C=O) groups excluding carboxylic acids is 1. The Kier molecular flexibility index (Phi) is 4.64. The minimum atomic E-state index is 0.216. The molecule has 1 aromatic carbocycles. The summed E-state index contributed by atoms with van der Waals surface area (Å²) in [7, 11) is 0. The van der Waals surface area contributed by atoms with Crippen molar-refractivity contribution in [2.45, 2.75) is 31.8 Å². The maximum absolute atomic E-state index is 13.1. The second kappa shape index (κ2) is 7.43. The van der Waals surface area contributed by atoms with Crippen molar-refractivity contribution in [2.75, 3.05) is 26.4 Å². The number of benzene rings is 1. The van der Waals surface area contributed by atoms with E-state index in [4.69, 9.17) is 9.47 Å². The number of nitrogens with zero attached hydrogens (tertiary/aromatic N) is 3. The molecule has 146 valence electrons. The summed E-state index contributed by atoms with van der Waals surface area (Å²) >= 11 is 0. The van der Waals surface area contributed by atoms with Crippen molar-refractivity contribution in [3.63, 3.8) is 0 Å². The lowest BCUT2D eigenvalue weighted by Crippen LogP contribution is -2.48. The van der Waals surface area contributed by atoms with Gasteiger partial charge < -0.3 is 14.4 Å². The number of piperidine rings is 1. The average Bonchev–Trinajstić information content (AvgIpc) is 3.00. The molecule has 5 heterocycles. The fourth-order valence-corrected chi connectivity index (χ4v) is 4.66. The Hall–Kier alpha value is -2.60. The monoisotopic (exact) mass is 379 g/mol. The molecule has 6 heteroatoms. The minimum Gasteiger partial charge on any atom is -0.454 e. The van der Waals surface area contributed by atoms with Gasteiger partial charge in [-0.15, -0.1) is 0 Å². The summed E-state index contributed by atoms with van der Waals surface area (Å²) in [6, 6.07) is 12.2. The van der Waals surface area contributed by atoms with Crippen molar-refractivity contribution < 1.29 is 14.3 Å². The Morgan fingerprint density at radius 3 is 2.89 bits per heavy atom. The van der Waals surface area contributed by atoms with E-state index in [2.05, 4.69) is 20.9 Å². The first-order valence-corrected chi connectivity index (χ1v) is 10.0. The van der Waals surface area contributed by atoms with E-state index in [1.807, 2.05) is 36.5 Å². The highest BCUT2D eigenvalue weighted by molar-refractivity contribution is 5.79. The van der Waals surface area contributed by atoms with Crippen LogP contribution in [0.15, 0.2) is 42.6 Å². The van der Waals surface area contributed by atoms with Crippen molar-refractivity contribution in [2.24, 2.45) is 5.92 Å². The van der Waals surface area contributed by atoms with Crippen LogP contribution in [0.3, 0.4) is 0 Å². The van der Waals surface area contributed by atoms with Gasteiger partial charge in [0.05, 0.1) is 12.1 Å². The van der Waals surface area contributed by atoms with Crippen LogP contribution in [0.4, 0.5) is 0 Å². The lowest BCUT2D eigenvalue weighted by molar-refractivity contribution is -0.134. The van der Waals surface area contributed by atoms with Crippen LogP contribution in [0, 0.1) is 5.92 Å². The number of amides is 1. The first-order chi connectivity index (χ1) is 13.7. The Balaban J connectivity index is 1.26. The van der Waals surface area contributed by atoms with E-state index in [0.29, 0.717) is 18.4 Å². The lowest BCUT2D eigenvalue weighted by atomic mass is 9.94. The molecule has 0 saturated carbocycles. The number of pyridine rings is 1. The number of rotatable bonds is 4. The summed E-state index contributed by atoms with van der Waals surface area (Å²) in [6.45, 7) is 3.96. The standard InChI is InChI=1S/C22H25N3O3/c26-22(10-16-5-7-20-21(9-16)28-15-27-20)25-12-17-4-6-19(25)14-24(11-17)13-18-3-1-2-8-23-18/h1-3,5,7-9,17,19H,4,6,10-15H2/t17-,19+/m0/s1. The molecule has 6 rings (SSSR count). The largest absolute Gasteiger partial charge is 0.454 e. The van der Waals surface area contributed by atoms with E-state index >= 15 is 0 Å². The number of hydrogen-bond donors (Lipinski definition) is 0. The molecule has 4 aliphatic heterocycles. The number of fused-ring (bicyclic) bond motifs is 5. The first-order valence-electron chi connectivity index (χ1n) is 10.0. The third-order valence-corrected chi connectivity index (χ3v) is 6.01. The predicted octanol–water partition coefficient (Wildman–Crippen LogP) is 2.48. The highest BCUT2D eigenvalue weighted by atomic mass is 16.7. The minimum absolute atomic E-state index is 0.216. The molecule has 0 spiro atoms. The number of aromatic nitrogens is 1. The Labute approximate surface area is 165 Å². The van der Waals surface area contributed by atoms with Gasteiger partial charge in [-0.2, -0.15) is 0 Å². The first kappa shape index (κ1) is 17.5. The molecule has 0 N–H and O–H groups in total. The van der Waals surface area contributed by atoms with Crippen molar-refractivity contribution in [3.05, 3.63) is 53.9 Å². The van der Waals surface area contributed by atoms with Gasteiger partial charge in [0, 0.05) is 38.4 Å². The van der Waals surface area contributed by atoms with Crippen LogP contribution < -0.4 is 9.47 Å². The zero-order valence-corrected chi connectivity index (χ0v) is 15.9. The third-order valence-electron chi connectivity index (χ3n) is 6.01. The van der Waals surface area contributed by atoms with Crippen LogP contribution >= 0.6 is 0 Å². The number of ether oxygens (including phenoxy) is 2. The van der Waals surface area contributed by atoms with E-state index in [1.54, 1.807) is 0 Å². The highest BCUT2D eigenvalue weighted by Gasteiger charge is 2.37. The molecule has 0 radical (unpaired) electrons. The van der Waals surface area contributed by atoms with Gasteiger partial charge in [-0.25, -0.2) is 0 Å². The molecule has 2 atom stereocenters. The second-order valence-electron chi connectivity index (χ2n) is 8.02. The lowest BCUT2D eigenvalue weighted by Gasteiger charge is -2.36. The van der Waals surface area contributed by atoms with Crippen LogP contribution in [-0.4, -0.2) is 53.2 Å². The highest BCUT2D eigenvalue weighted by Crippen LogP contribution is 2.33. The van der Waals surface area contributed by atoms with E-state index in [1.165, 1.54) is 6.42 Å². The summed E-state index contributed by atoms with van der Waals surface area (Å²) in [4.78, 5) is 22.2. The van der Waals surface area contributed by atoms with Gasteiger partial charge in [0.25, 0.3) is 0 Å². The molecule has 2 bridgehead atoms. The fraction of sp³-hybridized carbons (Fsp3) is 0.455. The molecule has 3 saturated heterocycles. The molecular weight excluding hydrogens is 354 g/mol. The Bertz CT molecular complexity index is 857. The molecule has 6 nitrogen and oxygen atoms in total. The molecule has 0 unspecified atom stereocenters. The molecule has 2 aromatic rings. The molecule has 3 fully saturated rings. The zero-order chi connectivity index (χ0) is 18.9. The van der Waals surface area contributed by atoms with Crippen LogP contribution in [0.25, 0.3) is 0 Å². The number of hydrogen-bond acceptors (Lipinski definition) is 5. The summed E-state index contributed by atoms with van der Waals surface area (Å²) in [5, 5.41) is 0. The Morgan fingerprint density at radius 2 is 2.00 bits per heavy atom. The molecule has 1 aromatic heterocycles. The molecular formula is C22H25N3O3. The molecule has 4 aliphatic rings. The van der Waals surface area contributed by atoms with Crippen molar-refractivity contribution >= 4 is 5.91 Å². The Morgan fingerprint density at radius 1 is 1.07 bits per heavy atom. The summed E-state index contributed by atoms with van der Waals surface area (Å²) in [5.41, 5.74) is 2.08. The average molecular weight is 379 g/mol. The van der Waals surface area contributed by atoms with Crippen molar-refractivity contribution in [3.8, 4) is 11.5 Å². The second-order valence-corrected chi connectivity index (χ2v) is 8.02. The van der Waals surface area contributed by atoms with E-state index < -0.39 is 0 Å². The number of carbonyl (C=O) groups is 1. The van der Waals surface area contributed by atoms with E-state index in [0.717, 1.165) is 55.4 Å². The smallest absolute Gasteiger partial charge is 0.231 e. The van der Waals surface area contributed by atoms with Crippen LogP contribution in [0.5, 0.6) is 11.5 Å². The van der Waals surface area contributed by atoms with Crippen LogP contribution in [0.2, 0.25) is 0 Å². The summed E-state index contributed by atoms with van der Waals surface area (Å²) in [5.74, 6) is 2.26. The van der Waals surface area contributed by atoms with Crippen molar-refractivity contribution in [1.82, 2.24) is 14.8 Å². The van der Waals surface area contributed by atoms with Gasteiger partial charge in [-0.3, -0.25) is 14.7 Å². The maximum atomic E-state index is 13.1. The fourth-order valence-electron chi connectivity index (χ4n) is 4.66. The van der Waals surface area contributed by atoms with Crippen LogP contribution in [-0.2, 0) is 17.8 Å². The molecule has 1 amide bonds. The molecule has 28 heavy (non-hydrogen) atoms. The summed E-state index contributed by atoms with van der Waals surface area (Å²) in [6.07, 6.45) is 4.57. The van der Waals surface area contributed by atoms with Gasteiger partial charge in [-0.05, 0) is 48.6 Å². The van der Waals surface area contributed by atoms with E-state index in [-0.39, 0.29) is 12.7 Å². The topological polar surface area (TPSA) is 54.9 Å². The third kappa shape index (κ3) is 3.56. The van der Waals surface area contributed by atoms with Crippen molar-refractivity contribution in [1.29, 1.82) is 0 Å². The maximum Gasteiger partial charge on any atom is 0.231 e. The summed E-state index contributed by atoms with van der Waals surface area (Å²) < 4.78 is 10.8. The normalized spacial score (nSPS) is 23.6. The van der Waals surface area contributed by atoms with E-state index in [9.17, 15) is 4.79 Å². The predicted molar refractivity (Wildman–Crippen MR) is 104 cm³/mol. The van der Waals surface area contributed by atoms with Gasteiger partial charge >= 0.3 is 0 Å². The van der Waals surface area contributed by atoms with Gasteiger partial charge in [0.1, 0.15) is 0 Å². The quantitative estimate of drug-likeness (QED) is 0.817.